The number of halogens is 2. The molecule has 6 rings (SSSR count). The van der Waals surface area contributed by atoms with E-state index < -0.39 is 42.1 Å². The number of rotatable bonds is 5. The van der Waals surface area contributed by atoms with Crippen LogP contribution in [0.25, 0.3) is 0 Å². The highest BCUT2D eigenvalue weighted by atomic mass is 35.5. The molecule has 3 heterocycles. The zero-order chi connectivity index (χ0) is 24.8. The van der Waals surface area contributed by atoms with Gasteiger partial charge in [-0.05, 0) is 43.9 Å². The molecular weight excluding hydrogens is 511 g/mol. The molecule has 2 spiro atoms. The fourth-order valence-corrected chi connectivity index (χ4v) is 6.59. The van der Waals surface area contributed by atoms with Crippen molar-refractivity contribution in [1.82, 2.24) is 0 Å². The molecule has 5 atom stereocenters. The van der Waals surface area contributed by atoms with Gasteiger partial charge in [0.15, 0.2) is 36.7 Å². The van der Waals surface area contributed by atoms with E-state index in [0.29, 0.717) is 22.4 Å². The number of esters is 1. The van der Waals surface area contributed by atoms with Gasteiger partial charge in [0.25, 0.3) is 0 Å². The van der Waals surface area contributed by atoms with Gasteiger partial charge in [-0.1, -0.05) is 36.0 Å². The summed E-state index contributed by atoms with van der Waals surface area (Å²) in [6, 6.07) is 4.82. The summed E-state index contributed by atoms with van der Waals surface area (Å²) >= 11 is 12.1. The Kier molecular flexibility index (Phi) is 7.14. The Bertz CT molecular complexity index is 961. The first-order chi connectivity index (χ1) is 17.4. The highest BCUT2D eigenvalue weighted by molar-refractivity contribution is 6.35. The van der Waals surface area contributed by atoms with Crippen LogP contribution < -0.4 is 4.74 Å². The van der Waals surface area contributed by atoms with Crippen LogP contribution in [-0.2, 0) is 33.2 Å². The van der Waals surface area contributed by atoms with Crippen LogP contribution in [0.4, 0.5) is 0 Å². The number of carbonyl (C=O) groups is 1. The van der Waals surface area contributed by atoms with Gasteiger partial charge in [0.05, 0.1) is 11.6 Å². The Morgan fingerprint density at radius 3 is 2.36 bits per heavy atom. The molecule has 3 aliphatic heterocycles. The second kappa shape index (κ2) is 10.2. The molecule has 0 amide bonds. The van der Waals surface area contributed by atoms with Crippen molar-refractivity contribution < 1.29 is 38.0 Å². The van der Waals surface area contributed by atoms with Gasteiger partial charge in [0.2, 0.25) is 0 Å². The van der Waals surface area contributed by atoms with E-state index in [4.69, 9.17) is 56.4 Å². The molecule has 0 N–H and O–H groups in total. The lowest BCUT2D eigenvalue weighted by molar-refractivity contribution is -0.261. The first-order valence-electron chi connectivity index (χ1n) is 13.0. The predicted molar refractivity (Wildman–Crippen MR) is 129 cm³/mol. The number of hydrogen-bond acceptors (Lipinski definition) is 8. The molecule has 0 aromatic heterocycles. The maximum Gasteiger partial charge on any atom is 0.344 e. The fraction of sp³-hybridized carbons (Fsp3) is 0.731. The lowest BCUT2D eigenvalue weighted by atomic mass is 9.94. The minimum Gasteiger partial charge on any atom is -0.480 e. The van der Waals surface area contributed by atoms with Gasteiger partial charge in [-0.3, -0.25) is 0 Å². The normalized spacial score (nSPS) is 34.7. The van der Waals surface area contributed by atoms with Crippen LogP contribution in [-0.4, -0.2) is 61.5 Å². The molecule has 0 bridgehead atoms. The van der Waals surface area contributed by atoms with Crippen molar-refractivity contribution in [3.63, 3.8) is 0 Å². The molecule has 0 unspecified atom stereocenters. The molecule has 3 saturated heterocycles. The molecule has 1 aromatic rings. The summed E-state index contributed by atoms with van der Waals surface area (Å²) in [5.74, 6) is -1.45. The molecule has 5 fully saturated rings. The van der Waals surface area contributed by atoms with Crippen LogP contribution in [0.15, 0.2) is 18.2 Å². The maximum absolute atomic E-state index is 12.9. The van der Waals surface area contributed by atoms with Gasteiger partial charge >= 0.3 is 5.97 Å². The number of carbonyl (C=O) groups excluding carboxylic acids is 1. The van der Waals surface area contributed by atoms with Crippen molar-refractivity contribution in [3.8, 4) is 5.75 Å². The van der Waals surface area contributed by atoms with E-state index >= 15 is 0 Å². The molecule has 2 aliphatic carbocycles. The van der Waals surface area contributed by atoms with E-state index in [9.17, 15) is 4.79 Å². The van der Waals surface area contributed by atoms with Gasteiger partial charge in [0.1, 0.15) is 18.0 Å². The summed E-state index contributed by atoms with van der Waals surface area (Å²) in [5, 5.41) is 0.801. The average Bonchev–Trinajstić information content (AvgIpc) is 3.52. The van der Waals surface area contributed by atoms with Crippen molar-refractivity contribution >= 4 is 29.2 Å². The van der Waals surface area contributed by atoms with Crippen molar-refractivity contribution in [2.75, 3.05) is 13.2 Å². The molecule has 1 aromatic carbocycles. The lowest BCUT2D eigenvalue weighted by Gasteiger charge is -2.35. The molecule has 36 heavy (non-hydrogen) atoms. The standard InChI is InChI=1S/C26H32Cl2O8/c27-16-7-8-18(17(28)13-16)30-15-20(29)32-22-21(19-14-31-25(34-19)9-3-1-4-10-25)33-24-23(22)35-26(36-24)11-5-2-6-12-26/h7-8,13,19,21-24H,1-6,9-12,14-15H2/t19-,21-,22+,23-,24-/m0/s1. The highest BCUT2D eigenvalue weighted by Crippen LogP contribution is 2.48. The Morgan fingerprint density at radius 2 is 1.64 bits per heavy atom. The minimum absolute atomic E-state index is 0.318. The van der Waals surface area contributed by atoms with Crippen LogP contribution >= 0.6 is 23.2 Å². The van der Waals surface area contributed by atoms with Gasteiger partial charge in [-0.25, -0.2) is 4.79 Å². The molecular formula is C26H32Cl2O8. The Morgan fingerprint density at radius 1 is 0.917 bits per heavy atom. The average molecular weight is 543 g/mol. The number of hydrogen-bond donors (Lipinski definition) is 0. The van der Waals surface area contributed by atoms with Crippen LogP contribution in [0.2, 0.25) is 10.0 Å². The summed E-state index contributed by atoms with van der Waals surface area (Å²) in [6.45, 7) is 0.0557. The van der Waals surface area contributed by atoms with Crippen LogP contribution in [0.1, 0.15) is 64.2 Å². The molecule has 5 aliphatic rings. The van der Waals surface area contributed by atoms with Gasteiger partial charge in [-0.2, -0.15) is 0 Å². The summed E-state index contributed by atoms with van der Waals surface area (Å²) in [6.07, 6.45) is 7.07. The summed E-state index contributed by atoms with van der Waals surface area (Å²) in [5.41, 5.74) is 0. The van der Waals surface area contributed by atoms with Crippen LogP contribution in [0.5, 0.6) is 5.75 Å². The molecule has 8 nitrogen and oxygen atoms in total. The molecule has 10 heteroatoms. The second-order valence-corrected chi connectivity index (χ2v) is 11.2. The van der Waals surface area contributed by atoms with E-state index in [1.54, 1.807) is 18.2 Å². The van der Waals surface area contributed by atoms with Crippen molar-refractivity contribution in [2.24, 2.45) is 0 Å². The van der Waals surface area contributed by atoms with Gasteiger partial charge in [-0.15, -0.1) is 0 Å². The van der Waals surface area contributed by atoms with E-state index in [0.717, 1.165) is 57.8 Å². The van der Waals surface area contributed by atoms with E-state index in [-0.39, 0.29) is 12.7 Å². The van der Waals surface area contributed by atoms with Crippen LogP contribution in [0.3, 0.4) is 0 Å². The first kappa shape index (κ1) is 25.2. The Labute approximate surface area is 220 Å². The number of benzene rings is 1. The minimum atomic E-state index is -0.708. The van der Waals surface area contributed by atoms with E-state index in [1.807, 2.05) is 0 Å². The quantitative estimate of drug-likeness (QED) is 0.472. The largest absolute Gasteiger partial charge is 0.480 e. The van der Waals surface area contributed by atoms with E-state index in [1.165, 1.54) is 6.42 Å². The summed E-state index contributed by atoms with van der Waals surface area (Å²) < 4.78 is 43.2. The van der Waals surface area contributed by atoms with Gasteiger partial charge in [0, 0.05) is 30.7 Å². The smallest absolute Gasteiger partial charge is 0.344 e. The van der Waals surface area contributed by atoms with Crippen molar-refractivity contribution in [2.45, 2.75) is 106 Å². The first-order valence-corrected chi connectivity index (χ1v) is 13.8. The summed E-state index contributed by atoms with van der Waals surface area (Å²) in [7, 11) is 0. The fourth-order valence-electron chi connectivity index (χ4n) is 6.12. The third-order valence-electron chi connectivity index (χ3n) is 7.87. The van der Waals surface area contributed by atoms with Crippen molar-refractivity contribution in [3.05, 3.63) is 28.2 Å². The summed E-state index contributed by atoms with van der Waals surface area (Å²) in [4.78, 5) is 12.9. The van der Waals surface area contributed by atoms with E-state index in [2.05, 4.69) is 0 Å². The predicted octanol–water partition coefficient (Wildman–Crippen LogP) is 5.16. The zero-order valence-electron chi connectivity index (χ0n) is 20.1. The molecule has 198 valence electrons. The third-order valence-corrected chi connectivity index (χ3v) is 8.40. The van der Waals surface area contributed by atoms with Crippen LogP contribution in [0, 0.1) is 0 Å². The molecule has 0 radical (unpaired) electrons. The number of ether oxygens (including phenoxy) is 7. The third kappa shape index (κ3) is 4.98. The second-order valence-electron chi connectivity index (χ2n) is 10.4. The Hall–Kier alpha value is -1.13. The SMILES string of the molecule is O=C(COc1ccc(Cl)cc1Cl)O[C@H]1[C@@H]2OC3(CCCCC3)O[C@@H]2O[C@H]1[C@@H]1COC2(CCCCC2)O1. The topological polar surface area (TPSA) is 81.7 Å². The maximum atomic E-state index is 12.9. The molecule has 2 saturated carbocycles. The number of fused-ring (bicyclic) bond motifs is 1. The monoisotopic (exact) mass is 542 g/mol. The zero-order valence-corrected chi connectivity index (χ0v) is 21.6. The highest BCUT2D eigenvalue weighted by Gasteiger charge is 2.62. The van der Waals surface area contributed by atoms with Crippen molar-refractivity contribution in [1.29, 1.82) is 0 Å². The Balaban J connectivity index is 1.16. The lowest BCUT2D eigenvalue weighted by Crippen LogP contribution is -2.47. The van der Waals surface area contributed by atoms with Gasteiger partial charge < -0.3 is 33.2 Å².